The summed E-state index contributed by atoms with van der Waals surface area (Å²) in [6.07, 6.45) is 1.23. The molecule has 3 aromatic rings. The maximum Gasteiger partial charge on any atom is 0.244 e. The largest absolute Gasteiger partial charge is 0.497 e. The average Bonchev–Trinajstić information content (AvgIpc) is 3.33. The van der Waals surface area contributed by atoms with Gasteiger partial charge < -0.3 is 14.2 Å². The summed E-state index contributed by atoms with van der Waals surface area (Å²) in [4.78, 5) is 21.5. The second kappa shape index (κ2) is 9.75. The molecule has 1 aromatic heterocycles. The number of aromatic nitrogens is 2. The van der Waals surface area contributed by atoms with Gasteiger partial charge in [-0.1, -0.05) is 47.6 Å². The first-order valence-electron chi connectivity index (χ1n) is 10.7. The molecule has 0 bridgehead atoms. The summed E-state index contributed by atoms with van der Waals surface area (Å²) < 4.78 is 10.8. The van der Waals surface area contributed by atoms with Crippen molar-refractivity contribution in [3.05, 3.63) is 66.1 Å². The van der Waals surface area contributed by atoms with E-state index in [-0.39, 0.29) is 11.9 Å². The molecule has 1 aliphatic rings. The molecule has 2 heterocycles. The lowest BCUT2D eigenvalue weighted by molar-refractivity contribution is -0.133. The standard InChI is InChI=1S/C24H28N4O3/c1-18(24-25-23(26-31-24)20-8-4-3-5-9-20)27-13-15-28(16-14-27)22(29)12-11-19-7-6-10-21(17-19)30-2/h3-10,17-18H,11-16H2,1-2H3. The van der Waals surface area contributed by atoms with Gasteiger partial charge in [-0.25, -0.2) is 0 Å². The van der Waals surface area contributed by atoms with Crippen molar-refractivity contribution >= 4 is 5.91 Å². The molecule has 0 radical (unpaired) electrons. The highest BCUT2D eigenvalue weighted by atomic mass is 16.5. The fourth-order valence-corrected chi connectivity index (χ4v) is 3.86. The predicted molar refractivity (Wildman–Crippen MR) is 118 cm³/mol. The Morgan fingerprint density at radius 3 is 2.61 bits per heavy atom. The molecule has 1 unspecified atom stereocenters. The quantitative estimate of drug-likeness (QED) is 0.582. The Labute approximate surface area is 182 Å². The second-order valence-corrected chi connectivity index (χ2v) is 7.77. The minimum Gasteiger partial charge on any atom is -0.497 e. The van der Waals surface area contributed by atoms with E-state index in [1.165, 1.54) is 0 Å². The number of hydrogen-bond donors (Lipinski definition) is 0. The number of carbonyl (C=O) groups excluding carboxylic acids is 1. The SMILES string of the molecule is COc1cccc(CCC(=O)N2CCN(C(C)c3nc(-c4ccccc4)no3)CC2)c1. The van der Waals surface area contributed by atoms with Crippen molar-refractivity contribution in [3.8, 4) is 17.1 Å². The van der Waals surface area contributed by atoms with Crippen LogP contribution in [-0.4, -0.2) is 59.1 Å². The highest BCUT2D eigenvalue weighted by Gasteiger charge is 2.27. The van der Waals surface area contributed by atoms with Crippen molar-refractivity contribution < 1.29 is 14.1 Å². The summed E-state index contributed by atoms with van der Waals surface area (Å²) in [6.45, 7) is 5.06. The van der Waals surface area contributed by atoms with Gasteiger partial charge in [0, 0.05) is 38.2 Å². The molecule has 31 heavy (non-hydrogen) atoms. The molecular formula is C24H28N4O3. The molecule has 0 saturated carbocycles. The predicted octanol–water partition coefficient (Wildman–Crippen LogP) is 3.58. The Bertz CT molecular complexity index is 997. The van der Waals surface area contributed by atoms with E-state index in [2.05, 4.69) is 22.0 Å². The summed E-state index contributed by atoms with van der Waals surface area (Å²) >= 11 is 0. The number of carbonyl (C=O) groups is 1. The zero-order valence-electron chi connectivity index (χ0n) is 18.0. The van der Waals surface area contributed by atoms with E-state index in [1.54, 1.807) is 7.11 Å². The number of aryl methyl sites for hydroxylation is 1. The van der Waals surface area contributed by atoms with Crippen LogP contribution >= 0.6 is 0 Å². The second-order valence-electron chi connectivity index (χ2n) is 7.77. The first-order valence-corrected chi connectivity index (χ1v) is 10.7. The number of methoxy groups -OCH3 is 1. The van der Waals surface area contributed by atoms with Gasteiger partial charge in [0.1, 0.15) is 5.75 Å². The van der Waals surface area contributed by atoms with E-state index in [9.17, 15) is 4.79 Å². The van der Waals surface area contributed by atoms with Gasteiger partial charge in [-0.3, -0.25) is 9.69 Å². The number of amides is 1. The average molecular weight is 421 g/mol. The van der Waals surface area contributed by atoms with Crippen LogP contribution in [0.3, 0.4) is 0 Å². The molecule has 162 valence electrons. The highest BCUT2D eigenvalue weighted by Crippen LogP contribution is 2.23. The summed E-state index contributed by atoms with van der Waals surface area (Å²) in [7, 11) is 1.65. The molecule has 1 saturated heterocycles. The Kier molecular flexibility index (Phi) is 6.62. The molecule has 0 aliphatic carbocycles. The van der Waals surface area contributed by atoms with Gasteiger partial charge in [0.05, 0.1) is 13.2 Å². The molecule has 1 aliphatic heterocycles. The lowest BCUT2D eigenvalue weighted by Gasteiger charge is -2.36. The van der Waals surface area contributed by atoms with Crippen LogP contribution in [0.2, 0.25) is 0 Å². The summed E-state index contributed by atoms with van der Waals surface area (Å²) in [5.41, 5.74) is 2.06. The van der Waals surface area contributed by atoms with E-state index in [0.717, 1.165) is 36.4 Å². The van der Waals surface area contributed by atoms with E-state index >= 15 is 0 Å². The van der Waals surface area contributed by atoms with Gasteiger partial charge in [0.15, 0.2) is 0 Å². The Balaban J connectivity index is 1.28. The van der Waals surface area contributed by atoms with Crippen LogP contribution in [0.4, 0.5) is 0 Å². The molecule has 7 heteroatoms. The fourth-order valence-electron chi connectivity index (χ4n) is 3.86. The minimum atomic E-state index is 0.0130. The molecule has 1 fully saturated rings. The number of ether oxygens (including phenoxy) is 1. The third-order valence-corrected chi connectivity index (χ3v) is 5.81. The maximum atomic E-state index is 12.7. The van der Waals surface area contributed by atoms with Crippen molar-refractivity contribution in [3.63, 3.8) is 0 Å². The summed E-state index contributed by atoms with van der Waals surface area (Å²) in [6, 6.07) is 17.7. The van der Waals surface area contributed by atoms with Gasteiger partial charge in [-0.2, -0.15) is 4.98 Å². The highest BCUT2D eigenvalue weighted by molar-refractivity contribution is 5.76. The fraction of sp³-hybridized carbons (Fsp3) is 0.375. The Morgan fingerprint density at radius 1 is 1.10 bits per heavy atom. The number of benzene rings is 2. The molecule has 4 rings (SSSR count). The number of piperazine rings is 1. The lowest BCUT2D eigenvalue weighted by Crippen LogP contribution is -2.49. The smallest absolute Gasteiger partial charge is 0.244 e. The van der Waals surface area contributed by atoms with Crippen LogP contribution in [-0.2, 0) is 11.2 Å². The zero-order chi connectivity index (χ0) is 21.6. The van der Waals surface area contributed by atoms with Crippen LogP contribution in [0.25, 0.3) is 11.4 Å². The van der Waals surface area contributed by atoms with Crippen molar-refractivity contribution in [2.75, 3.05) is 33.3 Å². The first kappa shape index (κ1) is 21.1. The van der Waals surface area contributed by atoms with E-state index in [0.29, 0.717) is 31.2 Å². The third kappa shape index (κ3) is 5.11. The normalized spacial score (nSPS) is 15.6. The van der Waals surface area contributed by atoms with Gasteiger partial charge in [-0.15, -0.1) is 0 Å². The van der Waals surface area contributed by atoms with Gasteiger partial charge in [-0.05, 0) is 31.0 Å². The van der Waals surface area contributed by atoms with Crippen LogP contribution in [0, 0.1) is 0 Å². The van der Waals surface area contributed by atoms with Crippen LogP contribution in [0.1, 0.15) is 30.8 Å². The van der Waals surface area contributed by atoms with Crippen molar-refractivity contribution in [2.24, 2.45) is 0 Å². The molecular weight excluding hydrogens is 392 g/mol. The van der Waals surface area contributed by atoms with Crippen LogP contribution < -0.4 is 4.74 Å². The van der Waals surface area contributed by atoms with E-state index < -0.39 is 0 Å². The van der Waals surface area contributed by atoms with E-state index in [4.69, 9.17) is 9.26 Å². The molecule has 2 aromatic carbocycles. The molecule has 7 nitrogen and oxygen atoms in total. The van der Waals surface area contributed by atoms with Crippen LogP contribution in [0.15, 0.2) is 59.1 Å². The summed E-state index contributed by atoms with van der Waals surface area (Å²) in [5, 5.41) is 4.12. The number of nitrogens with zero attached hydrogens (tertiary/aromatic N) is 4. The van der Waals surface area contributed by atoms with Crippen molar-refractivity contribution in [1.29, 1.82) is 0 Å². The zero-order valence-corrected chi connectivity index (χ0v) is 18.0. The maximum absolute atomic E-state index is 12.7. The monoisotopic (exact) mass is 420 g/mol. The van der Waals surface area contributed by atoms with Gasteiger partial charge >= 0.3 is 0 Å². The number of rotatable bonds is 7. The van der Waals surface area contributed by atoms with E-state index in [1.807, 2.05) is 59.5 Å². The molecule has 0 spiro atoms. The lowest BCUT2D eigenvalue weighted by atomic mass is 10.1. The van der Waals surface area contributed by atoms with Crippen molar-refractivity contribution in [2.45, 2.75) is 25.8 Å². The number of hydrogen-bond acceptors (Lipinski definition) is 6. The molecule has 0 N–H and O–H groups in total. The minimum absolute atomic E-state index is 0.0130. The molecule has 1 amide bonds. The topological polar surface area (TPSA) is 71.7 Å². The van der Waals surface area contributed by atoms with Gasteiger partial charge in [0.25, 0.3) is 0 Å². The molecule has 1 atom stereocenters. The first-order chi connectivity index (χ1) is 15.1. The van der Waals surface area contributed by atoms with Gasteiger partial charge in [0.2, 0.25) is 17.6 Å². The van der Waals surface area contributed by atoms with Crippen LogP contribution in [0.5, 0.6) is 5.75 Å². The Morgan fingerprint density at radius 2 is 1.87 bits per heavy atom. The Hall–Kier alpha value is -3.19. The third-order valence-electron chi connectivity index (χ3n) is 5.81. The summed E-state index contributed by atoms with van der Waals surface area (Å²) in [5.74, 6) is 2.23. The van der Waals surface area contributed by atoms with Crippen molar-refractivity contribution in [1.82, 2.24) is 19.9 Å².